The van der Waals surface area contributed by atoms with Crippen LogP contribution in [0.2, 0.25) is 0 Å². The van der Waals surface area contributed by atoms with Crippen LogP contribution in [0.5, 0.6) is 11.5 Å². The van der Waals surface area contributed by atoms with Crippen LogP contribution in [0.4, 0.5) is 0 Å². The maximum atomic E-state index is 11.5. The first-order chi connectivity index (χ1) is 13.5. The Kier molecular flexibility index (Phi) is 5.97. The Bertz CT molecular complexity index is 1070. The van der Waals surface area contributed by atoms with Gasteiger partial charge in [0.25, 0.3) is 0 Å². The number of benzene rings is 2. The van der Waals surface area contributed by atoms with E-state index in [4.69, 9.17) is 4.74 Å². The highest BCUT2D eigenvalue weighted by atomic mass is 32.2. The van der Waals surface area contributed by atoms with Crippen LogP contribution >= 0.6 is 11.8 Å². The summed E-state index contributed by atoms with van der Waals surface area (Å²) in [6.45, 7) is 3.44. The minimum absolute atomic E-state index is 0.0477. The number of hydrogen-bond donors (Lipinski definition) is 1. The van der Waals surface area contributed by atoms with Gasteiger partial charge in [0.05, 0.1) is 11.1 Å². The van der Waals surface area contributed by atoms with Gasteiger partial charge in [0.15, 0.2) is 5.78 Å². The number of phenols is 1. The molecule has 0 fully saturated rings. The monoisotopic (exact) mass is 390 g/mol. The van der Waals surface area contributed by atoms with Crippen molar-refractivity contribution in [1.29, 1.82) is 5.26 Å². The molecule has 1 heterocycles. The molecule has 0 atom stereocenters. The smallest absolute Gasteiger partial charge is 0.163 e. The number of rotatable bonds is 6. The lowest BCUT2D eigenvalue weighted by molar-refractivity contribution is 0.101. The van der Waals surface area contributed by atoms with Gasteiger partial charge in [-0.15, -0.1) is 0 Å². The summed E-state index contributed by atoms with van der Waals surface area (Å²) < 4.78 is 5.84. The van der Waals surface area contributed by atoms with E-state index >= 15 is 0 Å². The summed E-state index contributed by atoms with van der Waals surface area (Å²) >= 11 is 1.42. The van der Waals surface area contributed by atoms with Gasteiger partial charge < -0.3 is 9.84 Å². The molecule has 1 aromatic heterocycles. The second-order valence-electron chi connectivity index (χ2n) is 6.15. The largest absolute Gasteiger partial charge is 0.507 e. The van der Waals surface area contributed by atoms with Crippen molar-refractivity contribution in [2.75, 3.05) is 0 Å². The van der Waals surface area contributed by atoms with Crippen LogP contribution in [-0.4, -0.2) is 15.9 Å². The average molecular weight is 390 g/mol. The first-order valence-electron chi connectivity index (χ1n) is 8.58. The lowest BCUT2D eigenvalue weighted by atomic mass is 10.1. The fraction of sp³-hybridized carbons (Fsp3) is 0.136. The van der Waals surface area contributed by atoms with Gasteiger partial charge in [0, 0.05) is 16.7 Å². The first-order valence-corrected chi connectivity index (χ1v) is 9.39. The average Bonchev–Trinajstić information content (AvgIpc) is 2.69. The van der Waals surface area contributed by atoms with E-state index in [9.17, 15) is 15.2 Å². The second-order valence-corrected chi connectivity index (χ2v) is 7.21. The van der Waals surface area contributed by atoms with Crippen molar-refractivity contribution in [3.8, 4) is 17.6 Å². The van der Waals surface area contributed by atoms with Gasteiger partial charge in [0.1, 0.15) is 29.2 Å². The molecule has 5 nitrogen and oxygen atoms in total. The molecule has 3 aromatic rings. The fourth-order valence-electron chi connectivity index (χ4n) is 2.65. The minimum Gasteiger partial charge on any atom is -0.507 e. The van der Waals surface area contributed by atoms with Crippen LogP contribution in [0.3, 0.4) is 0 Å². The molecule has 0 saturated heterocycles. The highest BCUT2D eigenvalue weighted by Gasteiger charge is 2.13. The third kappa shape index (κ3) is 4.33. The number of phenolic OH excluding ortho intramolecular Hbond substituents is 1. The quantitative estimate of drug-likeness (QED) is 0.603. The van der Waals surface area contributed by atoms with Crippen molar-refractivity contribution in [3.63, 3.8) is 0 Å². The third-order valence-corrected chi connectivity index (χ3v) is 5.17. The van der Waals surface area contributed by atoms with Gasteiger partial charge in [-0.25, -0.2) is 4.98 Å². The number of nitrogens with zero attached hydrogens (tertiary/aromatic N) is 2. The SMILES string of the molecule is CC(=O)c1ccc(OCc2cccc(Sc3ncccc3C#N)c2)c(C)c1O. The van der Waals surface area contributed by atoms with Crippen molar-refractivity contribution in [2.24, 2.45) is 0 Å². The van der Waals surface area contributed by atoms with Crippen molar-refractivity contribution < 1.29 is 14.6 Å². The molecule has 0 bridgehead atoms. The Morgan fingerprint density at radius 2 is 2.07 bits per heavy atom. The lowest BCUT2D eigenvalue weighted by Gasteiger charge is -2.13. The third-order valence-electron chi connectivity index (χ3n) is 4.16. The van der Waals surface area contributed by atoms with Gasteiger partial charge in [0.2, 0.25) is 0 Å². The van der Waals surface area contributed by atoms with Crippen LogP contribution in [-0.2, 0) is 6.61 Å². The molecule has 0 aliphatic rings. The van der Waals surface area contributed by atoms with Crippen molar-refractivity contribution in [1.82, 2.24) is 4.98 Å². The van der Waals surface area contributed by atoms with E-state index < -0.39 is 0 Å². The van der Waals surface area contributed by atoms with Crippen LogP contribution in [0.15, 0.2) is 64.6 Å². The first kappa shape index (κ1) is 19.5. The summed E-state index contributed by atoms with van der Waals surface area (Å²) in [4.78, 5) is 16.7. The standard InChI is InChI=1S/C22H18N2O3S/c1-14-20(9-8-19(15(2)25)21(14)26)27-13-16-5-3-7-18(11-16)28-22-17(12-23)6-4-10-24-22/h3-11,26H,13H2,1-2H3. The molecule has 140 valence electrons. The van der Waals surface area contributed by atoms with Crippen molar-refractivity contribution >= 4 is 17.5 Å². The fourth-order valence-corrected chi connectivity index (χ4v) is 3.57. The normalized spacial score (nSPS) is 10.3. The zero-order valence-electron chi connectivity index (χ0n) is 15.5. The molecule has 0 saturated carbocycles. The Morgan fingerprint density at radius 1 is 1.25 bits per heavy atom. The number of aromatic hydroxyl groups is 1. The molecular formula is C22H18N2O3S. The summed E-state index contributed by atoms with van der Waals surface area (Å²) in [5.74, 6) is 0.286. The molecule has 6 heteroatoms. The van der Waals surface area contributed by atoms with Crippen LogP contribution in [0.25, 0.3) is 0 Å². The number of pyridine rings is 1. The van der Waals surface area contributed by atoms with Gasteiger partial charge in [-0.05, 0) is 55.8 Å². The van der Waals surface area contributed by atoms with E-state index in [0.717, 1.165) is 10.5 Å². The molecule has 0 aliphatic carbocycles. The van der Waals surface area contributed by atoms with E-state index in [1.54, 1.807) is 37.4 Å². The van der Waals surface area contributed by atoms with E-state index in [-0.39, 0.29) is 17.1 Å². The van der Waals surface area contributed by atoms with Gasteiger partial charge in [-0.2, -0.15) is 5.26 Å². The molecule has 0 spiro atoms. The number of hydrogen-bond acceptors (Lipinski definition) is 6. The highest BCUT2D eigenvalue weighted by molar-refractivity contribution is 7.99. The number of ether oxygens (including phenoxy) is 1. The summed E-state index contributed by atoms with van der Waals surface area (Å²) in [5.41, 5.74) is 2.29. The number of nitriles is 1. The molecule has 28 heavy (non-hydrogen) atoms. The maximum Gasteiger partial charge on any atom is 0.163 e. The molecule has 0 unspecified atom stereocenters. The highest BCUT2D eigenvalue weighted by Crippen LogP contribution is 2.32. The van der Waals surface area contributed by atoms with E-state index in [2.05, 4.69) is 11.1 Å². The van der Waals surface area contributed by atoms with Crippen LogP contribution in [0, 0.1) is 18.3 Å². The van der Waals surface area contributed by atoms with E-state index in [0.29, 0.717) is 28.5 Å². The summed E-state index contributed by atoms with van der Waals surface area (Å²) in [5, 5.41) is 20.0. The number of carbonyl (C=O) groups excluding carboxylic acids is 1. The molecule has 3 rings (SSSR count). The molecule has 0 radical (unpaired) electrons. The number of Topliss-reactive ketones (excluding diaryl/α,β-unsaturated/α-hetero) is 1. The van der Waals surface area contributed by atoms with Crippen LogP contribution < -0.4 is 4.74 Å². The molecule has 1 N–H and O–H groups in total. The maximum absolute atomic E-state index is 11.5. The minimum atomic E-state index is -0.192. The summed E-state index contributed by atoms with van der Waals surface area (Å²) in [7, 11) is 0. The van der Waals surface area contributed by atoms with Crippen molar-refractivity contribution in [2.45, 2.75) is 30.4 Å². The van der Waals surface area contributed by atoms with E-state index in [1.165, 1.54) is 18.7 Å². The van der Waals surface area contributed by atoms with Gasteiger partial charge >= 0.3 is 0 Å². The predicted molar refractivity (Wildman–Crippen MR) is 107 cm³/mol. The molecular weight excluding hydrogens is 372 g/mol. The topological polar surface area (TPSA) is 83.2 Å². The van der Waals surface area contributed by atoms with E-state index in [1.807, 2.05) is 24.3 Å². The zero-order valence-corrected chi connectivity index (χ0v) is 16.3. The number of aromatic nitrogens is 1. The Morgan fingerprint density at radius 3 is 2.82 bits per heavy atom. The molecule has 0 amide bonds. The second kappa shape index (κ2) is 8.59. The number of carbonyl (C=O) groups is 1. The Labute approximate surface area is 167 Å². The van der Waals surface area contributed by atoms with Crippen LogP contribution in [0.1, 0.15) is 34.0 Å². The lowest BCUT2D eigenvalue weighted by Crippen LogP contribution is -2.00. The van der Waals surface area contributed by atoms with Gasteiger partial charge in [-0.3, -0.25) is 4.79 Å². The Hall–Kier alpha value is -3.30. The predicted octanol–water partition coefficient (Wildman–Crippen LogP) is 4.90. The molecule has 2 aromatic carbocycles. The Balaban J connectivity index is 1.75. The van der Waals surface area contributed by atoms with Gasteiger partial charge in [-0.1, -0.05) is 23.9 Å². The van der Waals surface area contributed by atoms with Crippen molar-refractivity contribution in [3.05, 3.63) is 77.0 Å². The zero-order chi connectivity index (χ0) is 20.1. The summed E-state index contributed by atoms with van der Waals surface area (Å²) in [6, 6.07) is 16.7. The summed E-state index contributed by atoms with van der Waals surface area (Å²) in [6.07, 6.45) is 1.66. The molecule has 0 aliphatic heterocycles. The number of ketones is 1.